The molecule has 0 radical (unpaired) electrons. The normalized spacial score (nSPS) is 10.9. The summed E-state index contributed by atoms with van der Waals surface area (Å²) in [6.07, 6.45) is 1.11. The molecular formula is C26H21N5O. The Balaban J connectivity index is 1.39. The zero-order valence-electron chi connectivity index (χ0n) is 17.3. The van der Waals surface area contributed by atoms with Gasteiger partial charge in [-0.3, -0.25) is 9.89 Å². The number of nitrogens with one attached hydrogen (secondary N) is 2. The zero-order valence-corrected chi connectivity index (χ0v) is 17.3. The molecular weight excluding hydrogens is 398 g/mol. The predicted octanol–water partition coefficient (Wildman–Crippen LogP) is 5.58. The Bertz CT molecular complexity index is 1360. The van der Waals surface area contributed by atoms with Crippen LogP contribution in [0, 0.1) is 0 Å². The second-order valence-corrected chi connectivity index (χ2v) is 7.48. The van der Waals surface area contributed by atoms with Crippen molar-refractivity contribution in [2.45, 2.75) is 12.8 Å². The van der Waals surface area contributed by atoms with Crippen molar-refractivity contribution >= 4 is 28.3 Å². The Morgan fingerprint density at radius 3 is 2.38 bits per heavy atom. The molecule has 0 aliphatic carbocycles. The second-order valence-electron chi connectivity index (χ2n) is 7.48. The van der Waals surface area contributed by atoms with Gasteiger partial charge in [-0.1, -0.05) is 72.8 Å². The van der Waals surface area contributed by atoms with Crippen molar-refractivity contribution in [1.29, 1.82) is 0 Å². The lowest BCUT2D eigenvalue weighted by atomic mass is 10.1. The van der Waals surface area contributed by atoms with Gasteiger partial charge in [-0.15, -0.1) is 0 Å². The molecule has 0 spiro atoms. The van der Waals surface area contributed by atoms with Crippen molar-refractivity contribution in [2.75, 3.05) is 5.32 Å². The summed E-state index contributed by atoms with van der Waals surface area (Å²) >= 11 is 0. The average molecular weight is 419 g/mol. The highest BCUT2D eigenvalue weighted by atomic mass is 16.1. The number of anilines is 2. The molecule has 156 valence electrons. The van der Waals surface area contributed by atoms with Crippen LogP contribution in [-0.4, -0.2) is 25.9 Å². The Labute approximate surface area is 185 Å². The van der Waals surface area contributed by atoms with Crippen molar-refractivity contribution in [1.82, 2.24) is 20.2 Å². The third-order valence-electron chi connectivity index (χ3n) is 5.24. The number of benzene rings is 3. The van der Waals surface area contributed by atoms with Crippen molar-refractivity contribution in [2.24, 2.45) is 0 Å². The van der Waals surface area contributed by atoms with Crippen LogP contribution in [0.5, 0.6) is 0 Å². The van der Waals surface area contributed by atoms with Crippen LogP contribution in [0.4, 0.5) is 11.6 Å². The number of nitrogens with zero attached hydrogens (tertiary/aromatic N) is 3. The molecule has 2 aromatic heterocycles. The first-order chi connectivity index (χ1) is 15.8. The van der Waals surface area contributed by atoms with Crippen LogP contribution in [0.2, 0.25) is 0 Å². The number of para-hydroxylation sites is 1. The Morgan fingerprint density at radius 2 is 1.56 bits per heavy atom. The molecule has 0 aliphatic heterocycles. The summed E-state index contributed by atoms with van der Waals surface area (Å²) in [5.74, 6) is 1.83. The predicted molar refractivity (Wildman–Crippen MR) is 126 cm³/mol. The number of hydrogen-bond acceptors (Lipinski definition) is 5. The highest BCUT2D eigenvalue weighted by Crippen LogP contribution is 2.27. The highest BCUT2D eigenvalue weighted by Gasteiger charge is 2.13. The third kappa shape index (κ3) is 4.25. The summed E-state index contributed by atoms with van der Waals surface area (Å²) in [6, 6.07) is 29.4. The van der Waals surface area contributed by atoms with Gasteiger partial charge in [0.15, 0.2) is 17.4 Å². The van der Waals surface area contributed by atoms with Crippen molar-refractivity contribution in [3.05, 3.63) is 102 Å². The number of aryl methyl sites for hydroxylation is 1. The van der Waals surface area contributed by atoms with Crippen LogP contribution in [0.3, 0.4) is 0 Å². The van der Waals surface area contributed by atoms with E-state index in [0.717, 1.165) is 22.0 Å². The fourth-order valence-corrected chi connectivity index (χ4v) is 3.58. The van der Waals surface area contributed by atoms with Crippen molar-refractivity contribution < 1.29 is 4.79 Å². The maximum absolute atomic E-state index is 12.6. The molecule has 2 N–H and O–H groups in total. The minimum Gasteiger partial charge on any atom is -0.323 e. The van der Waals surface area contributed by atoms with E-state index in [2.05, 4.69) is 15.5 Å². The van der Waals surface area contributed by atoms with Crippen LogP contribution in [0.25, 0.3) is 22.3 Å². The maximum atomic E-state index is 12.6. The molecule has 0 bridgehead atoms. The van der Waals surface area contributed by atoms with E-state index in [4.69, 9.17) is 9.97 Å². The van der Waals surface area contributed by atoms with E-state index in [0.29, 0.717) is 36.0 Å². The SMILES string of the molecule is O=C(CCc1ccccc1)c1cc(Nc2nc(-c3ccccc3)nc3ccccc23)n[nH]1. The number of aromatic amines is 1. The monoisotopic (exact) mass is 419 g/mol. The van der Waals surface area contributed by atoms with E-state index < -0.39 is 0 Å². The Hall–Kier alpha value is -4.32. The molecule has 0 fully saturated rings. The standard InChI is InChI=1S/C26H21N5O/c32-23(16-15-18-9-3-1-4-10-18)22-17-24(31-30-22)28-26-20-13-7-8-14-21(20)27-25(29-26)19-11-5-2-6-12-19/h1-14,17H,15-16H2,(H2,27,28,29,30,31). The topological polar surface area (TPSA) is 83.6 Å². The van der Waals surface area contributed by atoms with E-state index in [9.17, 15) is 4.79 Å². The van der Waals surface area contributed by atoms with E-state index in [1.165, 1.54) is 0 Å². The van der Waals surface area contributed by atoms with E-state index in [1.54, 1.807) is 6.07 Å². The summed E-state index contributed by atoms with van der Waals surface area (Å²) in [4.78, 5) is 22.0. The van der Waals surface area contributed by atoms with Gasteiger partial charge in [-0.25, -0.2) is 9.97 Å². The molecule has 6 nitrogen and oxygen atoms in total. The number of Topliss-reactive ketones (excluding diaryl/α,β-unsaturated/α-hetero) is 1. The van der Waals surface area contributed by atoms with Gasteiger partial charge in [-0.05, 0) is 24.1 Å². The Kier molecular flexibility index (Phi) is 5.41. The quantitative estimate of drug-likeness (QED) is 0.337. The molecule has 0 saturated carbocycles. The first-order valence-electron chi connectivity index (χ1n) is 10.5. The number of rotatable bonds is 7. The van der Waals surface area contributed by atoms with Gasteiger partial charge in [0.1, 0.15) is 11.5 Å². The molecule has 0 saturated heterocycles. The number of ketones is 1. The molecule has 6 heteroatoms. The molecule has 0 unspecified atom stereocenters. The summed E-state index contributed by atoms with van der Waals surface area (Å²) in [6.45, 7) is 0. The average Bonchev–Trinajstić information content (AvgIpc) is 3.32. The summed E-state index contributed by atoms with van der Waals surface area (Å²) < 4.78 is 0. The lowest BCUT2D eigenvalue weighted by Gasteiger charge is -2.09. The molecule has 32 heavy (non-hydrogen) atoms. The summed E-state index contributed by atoms with van der Waals surface area (Å²) in [5, 5.41) is 11.3. The Morgan fingerprint density at radius 1 is 0.844 bits per heavy atom. The minimum absolute atomic E-state index is 0.0203. The molecule has 0 amide bonds. The van der Waals surface area contributed by atoms with Gasteiger partial charge in [0.25, 0.3) is 0 Å². The van der Waals surface area contributed by atoms with Crippen LogP contribution >= 0.6 is 0 Å². The molecule has 3 aromatic carbocycles. The fourth-order valence-electron chi connectivity index (χ4n) is 3.58. The zero-order chi connectivity index (χ0) is 21.8. The van der Waals surface area contributed by atoms with E-state index >= 15 is 0 Å². The van der Waals surface area contributed by atoms with Crippen molar-refractivity contribution in [3.63, 3.8) is 0 Å². The van der Waals surface area contributed by atoms with Crippen LogP contribution in [0.1, 0.15) is 22.5 Å². The van der Waals surface area contributed by atoms with Gasteiger partial charge in [0.05, 0.1) is 5.52 Å². The minimum atomic E-state index is 0.0203. The van der Waals surface area contributed by atoms with Gasteiger partial charge in [-0.2, -0.15) is 5.10 Å². The van der Waals surface area contributed by atoms with Gasteiger partial charge in [0, 0.05) is 23.4 Å². The number of carbonyl (C=O) groups is 1. The van der Waals surface area contributed by atoms with E-state index in [-0.39, 0.29) is 5.78 Å². The molecule has 0 atom stereocenters. The first kappa shape index (κ1) is 19.6. The fraction of sp³-hybridized carbons (Fsp3) is 0.0769. The molecule has 5 rings (SSSR count). The summed E-state index contributed by atoms with van der Waals surface area (Å²) in [7, 11) is 0. The van der Waals surface area contributed by atoms with Gasteiger partial charge < -0.3 is 5.32 Å². The lowest BCUT2D eigenvalue weighted by molar-refractivity contribution is 0.0978. The number of fused-ring (bicyclic) bond motifs is 1. The molecule has 0 aliphatic rings. The third-order valence-corrected chi connectivity index (χ3v) is 5.24. The smallest absolute Gasteiger partial charge is 0.181 e. The number of hydrogen-bond donors (Lipinski definition) is 2. The second kappa shape index (κ2) is 8.81. The number of H-pyrrole nitrogens is 1. The highest BCUT2D eigenvalue weighted by molar-refractivity contribution is 5.96. The largest absolute Gasteiger partial charge is 0.323 e. The number of aromatic nitrogens is 4. The van der Waals surface area contributed by atoms with Crippen LogP contribution < -0.4 is 5.32 Å². The maximum Gasteiger partial charge on any atom is 0.181 e. The van der Waals surface area contributed by atoms with E-state index in [1.807, 2.05) is 84.9 Å². The van der Waals surface area contributed by atoms with Crippen molar-refractivity contribution in [3.8, 4) is 11.4 Å². The lowest BCUT2D eigenvalue weighted by Crippen LogP contribution is -2.01. The molecule has 2 heterocycles. The molecule has 5 aromatic rings. The van der Waals surface area contributed by atoms with Gasteiger partial charge in [0.2, 0.25) is 0 Å². The number of carbonyl (C=O) groups excluding carboxylic acids is 1. The first-order valence-corrected chi connectivity index (χ1v) is 10.5. The van der Waals surface area contributed by atoms with Crippen LogP contribution in [-0.2, 0) is 6.42 Å². The van der Waals surface area contributed by atoms with Crippen LogP contribution in [0.15, 0.2) is 91.0 Å². The van der Waals surface area contributed by atoms with Gasteiger partial charge >= 0.3 is 0 Å². The summed E-state index contributed by atoms with van der Waals surface area (Å²) in [5.41, 5.74) is 3.38.